The Morgan fingerprint density at radius 1 is 1.15 bits per heavy atom. The van der Waals surface area contributed by atoms with Crippen LogP contribution in [0.3, 0.4) is 0 Å². The van der Waals surface area contributed by atoms with Crippen molar-refractivity contribution >= 4 is 17.8 Å². The van der Waals surface area contributed by atoms with Gasteiger partial charge in [0, 0.05) is 6.04 Å². The number of hydrogen-bond donors (Lipinski definition) is 2. The first-order chi connectivity index (χ1) is 12.9. The largest absolute Gasteiger partial charge is 0.481 e. The number of carboxylic acids is 1. The SMILES string of the molecule is CCCC(CC1(C(=O)N[C@@H]2CCC[C@H](C(=O)OCC)C2)CCCC1)C(=O)O. The molecule has 2 rings (SSSR count). The second-order valence-corrected chi connectivity index (χ2v) is 8.30. The normalized spacial score (nSPS) is 25.6. The number of ether oxygens (including phenoxy) is 1. The summed E-state index contributed by atoms with van der Waals surface area (Å²) in [6.07, 6.45) is 8.52. The smallest absolute Gasteiger partial charge is 0.308 e. The van der Waals surface area contributed by atoms with Gasteiger partial charge in [-0.2, -0.15) is 0 Å². The predicted molar refractivity (Wildman–Crippen MR) is 102 cm³/mol. The summed E-state index contributed by atoms with van der Waals surface area (Å²) in [6.45, 7) is 4.16. The third-order valence-corrected chi connectivity index (χ3v) is 6.30. The van der Waals surface area contributed by atoms with E-state index in [1.54, 1.807) is 6.92 Å². The van der Waals surface area contributed by atoms with E-state index < -0.39 is 17.3 Å². The molecule has 0 aliphatic heterocycles. The number of nitrogens with one attached hydrogen (secondary N) is 1. The van der Waals surface area contributed by atoms with Crippen LogP contribution >= 0.6 is 0 Å². The maximum atomic E-state index is 13.2. The Balaban J connectivity index is 2.02. The molecule has 0 aromatic rings. The lowest BCUT2D eigenvalue weighted by molar-refractivity contribution is -0.150. The van der Waals surface area contributed by atoms with Gasteiger partial charge in [-0.15, -0.1) is 0 Å². The standard InChI is InChI=1S/C21H35NO5/c1-3-8-16(18(23)24)14-21(11-5-6-12-21)20(26)22-17-10-7-9-15(13-17)19(25)27-4-2/h15-17H,3-14H2,1-2H3,(H,22,26)(H,23,24)/t15-,16?,17+/m0/s1. The monoisotopic (exact) mass is 381 g/mol. The first kappa shape index (κ1) is 21.7. The van der Waals surface area contributed by atoms with Crippen LogP contribution < -0.4 is 5.32 Å². The van der Waals surface area contributed by atoms with E-state index in [2.05, 4.69) is 5.32 Å². The molecular weight excluding hydrogens is 346 g/mol. The third kappa shape index (κ3) is 5.69. The maximum absolute atomic E-state index is 13.2. The second-order valence-electron chi connectivity index (χ2n) is 8.30. The van der Waals surface area contributed by atoms with Crippen molar-refractivity contribution in [1.29, 1.82) is 0 Å². The molecule has 6 nitrogen and oxygen atoms in total. The molecule has 2 aliphatic carbocycles. The van der Waals surface area contributed by atoms with E-state index in [9.17, 15) is 19.5 Å². The van der Waals surface area contributed by atoms with Crippen molar-refractivity contribution in [2.45, 2.75) is 90.5 Å². The van der Waals surface area contributed by atoms with Crippen molar-refractivity contribution in [3.63, 3.8) is 0 Å². The van der Waals surface area contributed by atoms with Crippen LogP contribution in [0.4, 0.5) is 0 Å². The van der Waals surface area contributed by atoms with Crippen molar-refractivity contribution in [1.82, 2.24) is 5.32 Å². The van der Waals surface area contributed by atoms with Crippen LogP contribution in [0.2, 0.25) is 0 Å². The van der Waals surface area contributed by atoms with E-state index in [1.165, 1.54) is 0 Å². The molecule has 2 fully saturated rings. The highest BCUT2D eigenvalue weighted by molar-refractivity contribution is 5.84. The lowest BCUT2D eigenvalue weighted by atomic mass is 9.75. The predicted octanol–water partition coefficient (Wildman–Crippen LogP) is 3.68. The van der Waals surface area contributed by atoms with Gasteiger partial charge in [-0.3, -0.25) is 14.4 Å². The summed E-state index contributed by atoms with van der Waals surface area (Å²) in [6, 6.07) is -0.0208. The van der Waals surface area contributed by atoms with Crippen molar-refractivity contribution < 1.29 is 24.2 Å². The van der Waals surface area contributed by atoms with Crippen molar-refractivity contribution in [3.8, 4) is 0 Å². The molecule has 2 saturated carbocycles. The lowest BCUT2D eigenvalue weighted by Crippen LogP contribution is -2.47. The Bertz CT molecular complexity index is 527. The van der Waals surface area contributed by atoms with Gasteiger partial charge in [-0.05, 0) is 51.9 Å². The number of aliphatic carboxylic acids is 1. The molecule has 0 heterocycles. The molecule has 27 heavy (non-hydrogen) atoms. The van der Waals surface area contributed by atoms with Gasteiger partial charge >= 0.3 is 11.9 Å². The highest BCUT2D eigenvalue weighted by atomic mass is 16.5. The summed E-state index contributed by atoms with van der Waals surface area (Å²) >= 11 is 0. The lowest BCUT2D eigenvalue weighted by Gasteiger charge is -2.34. The number of carbonyl (C=O) groups excluding carboxylic acids is 2. The summed E-state index contributed by atoms with van der Waals surface area (Å²) in [5.41, 5.74) is -0.560. The Labute approximate surface area is 162 Å². The molecule has 2 N–H and O–H groups in total. The van der Waals surface area contributed by atoms with Crippen LogP contribution in [0.25, 0.3) is 0 Å². The molecule has 0 aromatic carbocycles. The van der Waals surface area contributed by atoms with Gasteiger partial charge in [0.2, 0.25) is 5.91 Å². The molecular formula is C21H35NO5. The molecule has 1 unspecified atom stereocenters. The average Bonchev–Trinajstić information content (AvgIpc) is 3.11. The van der Waals surface area contributed by atoms with Crippen LogP contribution in [0.5, 0.6) is 0 Å². The topological polar surface area (TPSA) is 92.7 Å². The maximum Gasteiger partial charge on any atom is 0.308 e. The fourth-order valence-electron chi connectivity index (χ4n) is 4.84. The molecule has 0 spiro atoms. The van der Waals surface area contributed by atoms with Gasteiger partial charge in [-0.25, -0.2) is 0 Å². The number of hydrogen-bond acceptors (Lipinski definition) is 4. The minimum absolute atomic E-state index is 0.00291. The number of rotatable bonds is 9. The van der Waals surface area contributed by atoms with Crippen LogP contribution in [-0.4, -0.2) is 35.6 Å². The molecule has 0 bridgehead atoms. The molecule has 154 valence electrons. The highest BCUT2D eigenvalue weighted by Gasteiger charge is 2.44. The van der Waals surface area contributed by atoms with Crippen LogP contribution in [0, 0.1) is 17.3 Å². The third-order valence-electron chi connectivity index (χ3n) is 6.30. The van der Waals surface area contributed by atoms with E-state index in [0.717, 1.165) is 51.4 Å². The van der Waals surface area contributed by atoms with E-state index in [4.69, 9.17) is 4.74 Å². The fraction of sp³-hybridized carbons (Fsp3) is 0.857. The molecule has 0 saturated heterocycles. The van der Waals surface area contributed by atoms with Crippen molar-refractivity contribution in [2.75, 3.05) is 6.61 Å². The zero-order valence-corrected chi connectivity index (χ0v) is 16.8. The molecule has 0 aromatic heterocycles. The van der Waals surface area contributed by atoms with Crippen molar-refractivity contribution in [3.05, 3.63) is 0 Å². The molecule has 6 heteroatoms. The second kappa shape index (κ2) is 10.1. The number of carbonyl (C=O) groups is 3. The zero-order chi connectivity index (χ0) is 19.9. The van der Waals surface area contributed by atoms with E-state index >= 15 is 0 Å². The van der Waals surface area contributed by atoms with E-state index in [0.29, 0.717) is 25.9 Å². The number of amides is 1. The Kier molecular flexibility index (Phi) is 8.11. The van der Waals surface area contributed by atoms with Crippen LogP contribution in [0.1, 0.15) is 84.5 Å². The quantitative estimate of drug-likeness (QED) is 0.594. The Morgan fingerprint density at radius 2 is 1.85 bits per heavy atom. The minimum Gasteiger partial charge on any atom is -0.481 e. The Hall–Kier alpha value is -1.59. The first-order valence-corrected chi connectivity index (χ1v) is 10.6. The van der Waals surface area contributed by atoms with Gasteiger partial charge in [-0.1, -0.05) is 32.6 Å². The van der Waals surface area contributed by atoms with Crippen LogP contribution in [0.15, 0.2) is 0 Å². The minimum atomic E-state index is -0.795. The van der Waals surface area contributed by atoms with E-state index in [1.807, 2.05) is 6.92 Å². The van der Waals surface area contributed by atoms with Crippen LogP contribution in [-0.2, 0) is 19.1 Å². The summed E-state index contributed by atoms with van der Waals surface area (Å²) in [7, 11) is 0. The van der Waals surface area contributed by atoms with Gasteiger partial charge in [0.1, 0.15) is 0 Å². The van der Waals surface area contributed by atoms with Gasteiger partial charge in [0.25, 0.3) is 0 Å². The average molecular weight is 382 g/mol. The van der Waals surface area contributed by atoms with Gasteiger partial charge < -0.3 is 15.2 Å². The molecule has 2 aliphatic rings. The zero-order valence-electron chi connectivity index (χ0n) is 16.8. The number of esters is 1. The Morgan fingerprint density at radius 3 is 2.44 bits per heavy atom. The highest BCUT2D eigenvalue weighted by Crippen LogP contribution is 2.44. The number of carboxylic acid groups (broad SMARTS) is 1. The summed E-state index contributed by atoms with van der Waals surface area (Å²) in [5.74, 6) is -1.57. The molecule has 1 amide bonds. The molecule has 0 radical (unpaired) electrons. The van der Waals surface area contributed by atoms with Gasteiger partial charge in [0.15, 0.2) is 0 Å². The first-order valence-electron chi connectivity index (χ1n) is 10.6. The summed E-state index contributed by atoms with van der Waals surface area (Å²) < 4.78 is 5.14. The fourth-order valence-corrected chi connectivity index (χ4v) is 4.84. The van der Waals surface area contributed by atoms with Gasteiger partial charge in [0.05, 0.1) is 23.9 Å². The summed E-state index contributed by atoms with van der Waals surface area (Å²) in [5, 5.41) is 12.7. The molecule has 3 atom stereocenters. The summed E-state index contributed by atoms with van der Waals surface area (Å²) in [4.78, 5) is 36.8. The van der Waals surface area contributed by atoms with Crippen molar-refractivity contribution in [2.24, 2.45) is 17.3 Å². The van der Waals surface area contributed by atoms with E-state index in [-0.39, 0.29) is 23.8 Å².